The summed E-state index contributed by atoms with van der Waals surface area (Å²) in [6.07, 6.45) is 0. The number of nitrogens with two attached hydrogens (primary N) is 1. The van der Waals surface area contributed by atoms with Crippen LogP contribution in [0.3, 0.4) is 0 Å². The van der Waals surface area contributed by atoms with Gasteiger partial charge in [0.25, 0.3) is 0 Å². The fourth-order valence-electron chi connectivity index (χ4n) is 1.31. The second kappa shape index (κ2) is 6.55. The third kappa shape index (κ3) is 3.87. The van der Waals surface area contributed by atoms with Crippen molar-refractivity contribution < 1.29 is 9.90 Å². The molecule has 0 aliphatic carbocycles. The Balaban J connectivity index is 2.56. The highest BCUT2D eigenvalue weighted by atomic mass is 32.2. The maximum absolute atomic E-state index is 11.1. The zero-order valence-corrected chi connectivity index (χ0v) is 10.2. The number of benzene rings is 1. The first-order chi connectivity index (χ1) is 7.65. The molecule has 88 valence electrons. The molecule has 0 radical (unpaired) electrons. The average Bonchev–Trinajstić information content (AvgIpc) is 2.29. The van der Waals surface area contributed by atoms with E-state index in [0.29, 0.717) is 5.56 Å². The van der Waals surface area contributed by atoms with Crippen molar-refractivity contribution in [2.75, 3.05) is 12.4 Å². The molecule has 0 aliphatic rings. The topological polar surface area (TPSA) is 63.3 Å². The highest BCUT2D eigenvalue weighted by Crippen LogP contribution is 2.18. The van der Waals surface area contributed by atoms with Crippen LogP contribution in [0.5, 0.6) is 0 Å². The number of amides is 1. The predicted molar refractivity (Wildman–Crippen MR) is 67.4 cm³/mol. The Labute approximate surface area is 100 Å². The van der Waals surface area contributed by atoms with Crippen molar-refractivity contribution in [3.8, 4) is 0 Å². The van der Waals surface area contributed by atoms with Crippen LogP contribution in [-0.2, 0) is 5.75 Å². The smallest absolute Gasteiger partial charge is 0.249 e. The van der Waals surface area contributed by atoms with E-state index in [1.165, 1.54) is 0 Å². The maximum Gasteiger partial charge on any atom is 0.249 e. The molecule has 1 aromatic rings. The van der Waals surface area contributed by atoms with Crippen LogP contribution >= 0.6 is 11.8 Å². The van der Waals surface area contributed by atoms with Gasteiger partial charge in [0.2, 0.25) is 5.91 Å². The molecule has 0 spiro atoms. The lowest BCUT2D eigenvalue weighted by Gasteiger charge is -2.09. The van der Waals surface area contributed by atoms with Crippen molar-refractivity contribution in [2.45, 2.75) is 12.7 Å². The standard InChI is InChI=1S/C12H17NO2S/c1-9(6-14)7-16-8-10-4-2-3-5-11(10)12(13)15/h2-5,9,14H,6-8H2,1H3,(H2,13,15). The van der Waals surface area contributed by atoms with Gasteiger partial charge in [0.1, 0.15) is 0 Å². The van der Waals surface area contributed by atoms with E-state index >= 15 is 0 Å². The van der Waals surface area contributed by atoms with Crippen LogP contribution in [0.15, 0.2) is 24.3 Å². The predicted octanol–water partition coefficient (Wildman–Crippen LogP) is 1.65. The maximum atomic E-state index is 11.1. The minimum atomic E-state index is -0.383. The molecule has 1 aromatic carbocycles. The lowest BCUT2D eigenvalue weighted by atomic mass is 10.1. The zero-order valence-electron chi connectivity index (χ0n) is 9.35. The number of thioether (sulfide) groups is 1. The molecular formula is C12H17NO2S. The molecule has 0 aromatic heterocycles. The highest BCUT2D eigenvalue weighted by molar-refractivity contribution is 7.98. The van der Waals surface area contributed by atoms with Gasteiger partial charge in [-0.3, -0.25) is 4.79 Å². The summed E-state index contributed by atoms with van der Waals surface area (Å²) in [7, 11) is 0. The summed E-state index contributed by atoms with van der Waals surface area (Å²) in [6, 6.07) is 7.37. The van der Waals surface area contributed by atoms with Crippen molar-refractivity contribution in [1.82, 2.24) is 0 Å². The Morgan fingerprint density at radius 3 is 2.81 bits per heavy atom. The zero-order chi connectivity index (χ0) is 12.0. The van der Waals surface area contributed by atoms with Gasteiger partial charge in [-0.15, -0.1) is 0 Å². The summed E-state index contributed by atoms with van der Waals surface area (Å²) in [5.41, 5.74) is 6.84. The SMILES string of the molecule is CC(CO)CSCc1ccccc1C(N)=O. The van der Waals surface area contributed by atoms with Gasteiger partial charge in [-0.2, -0.15) is 11.8 Å². The molecule has 0 fully saturated rings. The third-order valence-electron chi connectivity index (χ3n) is 2.25. The van der Waals surface area contributed by atoms with Crippen LogP contribution in [-0.4, -0.2) is 23.4 Å². The van der Waals surface area contributed by atoms with Gasteiger partial charge in [-0.05, 0) is 23.3 Å². The molecule has 4 heteroatoms. The molecular weight excluding hydrogens is 222 g/mol. The summed E-state index contributed by atoms with van der Waals surface area (Å²) in [5, 5.41) is 8.89. The van der Waals surface area contributed by atoms with Crippen molar-refractivity contribution in [3.05, 3.63) is 35.4 Å². The van der Waals surface area contributed by atoms with E-state index < -0.39 is 0 Å². The molecule has 0 bridgehead atoms. The van der Waals surface area contributed by atoms with Gasteiger partial charge < -0.3 is 10.8 Å². The van der Waals surface area contributed by atoms with Gasteiger partial charge in [-0.1, -0.05) is 25.1 Å². The van der Waals surface area contributed by atoms with Crippen molar-refractivity contribution in [1.29, 1.82) is 0 Å². The van der Waals surface area contributed by atoms with E-state index in [9.17, 15) is 4.79 Å². The summed E-state index contributed by atoms with van der Waals surface area (Å²) in [4.78, 5) is 11.1. The monoisotopic (exact) mass is 239 g/mol. The first-order valence-corrected chi connectivity index (χ1v) is 6.37. The number of carbonyl (C=O) groups excluding carboxylic acids is 1. The Morgan fingerprint density at radius 2 is 2.19 bits per heavy atom. The normalized spacial score (nSPS) is 12.4. The first-order valence-electron chi connectivity index (χ1n) is 5.21. The van der Waals surface area contributed by atoms with Crippen molar-refractivity contribution in [2.24, 2.45) is 11.7 Å². The van der Waals surface area contributed by atoms with Gasteiger partial charge in [0, 0.05) is 17.9 Å². The minimum Gasteiger partial charge on any atom is -0.396 e. The van der Waals surface area contributed by atoms with E-state index in [0.717, 1.165) is 17.1 Å². The van der Waals surface area contributed by atoms with Gasteiger partial charge >= 0.3 is 0 Å². The molecule has 1 amide bonds. The fourth-order valence-corrected chi connectivity index (χ4v) is 2.41. The van der Waals surface area contributed by atoms with Crippen LogP contribution < -0.4 is 5.73 Å². The summed E-state index contributed by atoms with van der Waals surface area (Å²) < 4.78 is 0. The van der Waals surface area contributed by atoms with E-state index in [1.807, 2.05) is 25.1 Å². The number of hydrogen-bond acceptors (Lipinski definition) is 3. The minimum absolute atomic E-state index is 0.199. The third-order valence-corrected chi connectivity index (χ3v) is 3.57. The number of primary amides is 1. The van der Waals surface area contributed by atoms with Crippen LogP contribution in [0.2, 0.25) is 0 Å². The molecule has 1 unspecified atom stereocenters. The number of aliphatic hydroxyl groups is 1. The highest BCUT2D eigenvalue weighted by Gasteiger charge is 2.07. The largest absolute Gasteiger partial charge is 0.396 e. The molecule has 0 heterocycles. The Hall–Kier alpha value is -1.00. The summed E-state index contributed by atoms with van der Waals surface area (Å²) in [6.45, 7) is 2.19. The number of carbonyl (C=O) groups is 1. The molecule has 1 atom stereocenters. The van der Waals surface area contributed by atoms with Crippen LogP contribution in [0, 0.1) is 5.92 Å². The van der Waals surface area contributed by atoms with Gasteiger partial charge in [-0.25, -0.2) is 0 Å². The number of hydrogen-bond donors (Lipinski definition) is 2. The summed E-state index contributed by atoms with van der Waals surface area (Å²) in [5.74, 6) is 1.53. The Kier molecular flexibility index (Phi) is 5.35. The first kappa shape index (κ1) is 13.1. The average molecular weight is 239 g/mol. The van der Waals surface area contributed by atoms with Gasteiger partial charge in [0.05, 0.1) is 0 Å². The lowest BCUT2D eigenvalue weighted by molar-refractivity contribution is 0.0999. The lowest BCUT2D eigenvalue weighted by Crippen LogP contribution is -2.13. The number of rotatable bonds is 6. The van der Waals surface area contributed by atoms with E-state index in [4.69, 9.17) is 10.8 Å². The van der Waals surface area contributed by atoms with Crippen molar-refractivity contribution in [3.63, 3.8) is 0 Å². The molecule has 1 rings (SSSR count). The van der Waals surface area contributed by atoms with Crippen LogP contribution in [0.4, 0.5) is 0 Å². The van der Waals surface area contributed by atoms with Crippen molar-refractivity contribution >= 4 is 17.7 Å². The molecule has 0 saturated carbocycles. The van der Waals surface area contributed by atoms with E-state index in [1.54, 1.807) is 17.8 Å². The van der Waals surface area contributed by atoms with E-state index in [2.05, 4.69) is 0 Å². The van der Waals surface area contributed by atoms with Gasteiger partial charge in [0.15, 0.2) is 0 Å². The Morgan fingerprint density at radius 1 is 1.50 bits per heavy atom. The van der Waals surface area contributed by atoms with Crippen LogP contribution in [0.25, 0.3) is 0 Å². The fraction of sp³-hybridized carbons (Fsp3) is 0.417. The molecule has 3 nitrogen and oxygen atoms in total. The Bertz CT molecular complexity index is 355. The molecule has 3 N–H and O–H groups in total. The van der Waals surface area contributed by atoms with Crippen LogP contribution in [0.1, 0.15) is 22.8 Å². The number of aliphatic hydroxyl groups excluding tert-OH is 1. The summed E-state index contributed by atoms with van der Waals surface area (Å²) >= 11 is 1.70. The quantitative estimate of drug-likeness (QED) is 0.793. The van der Waals surface area contributed by atoms with E-state index in [-0.39, 0.29) is 18.4 Å². The molecule has 0 aliphatic heterocycles. The second-order valence-corrected chi connectivity index (χ2v) is 4.85. The molecule has 16 heavy (non-hydrogen) atoms. The molecule has 0 saturated heterocycles. The second-order valence-electron chi connectivity index (χ2n) is 3.82.